The molecule has 126 valence electrons. The minimum atomic E-state index is 0.423. The molecule has 0 aromatic carbocycles. The van der Waals surface area contributed by atoms with E-state index in [9.17, 15) is 0 Å². The summed E-state index contributed by atoms with van der Waals surface area (Å²) in [6, 6.07) is 1.22. The van der Waals surface area contributed by atoms with Crippen LogP contribution < -0.4 is 0 Å². The van der Waals surface area contributed by atoms with Crippen LogP contribution in [0.1, 0.15) is 25.7 Å². The Labute approximate surface area is 133 Å². The Balaban J connectivity index is 1.42. The highest BCUT2D eigenvalue weighted by Crippen LogP contribution is 2.33. The van der Waals surface area contributed by atoms with Crippen molar-refractivity contribution in [3.63, 3.8) is 0 Å². The topological polar surface area (TPSA) is 34.2 Å². The van der Waals surface area contributed by atoms with E-state index >= 15 is 0 Å². The van der Waals surface area contributed by atoms with Crippen molar-refractivity contribution in [3.05, 3.63) is 0 Å². The Morgan fingerprint density at radius 3 is 2.41 bits per heavy atom. The average molecular weight is 310 g/mol. The molecule has 4 aliphatic rings. The summed E-state index contributed by atoms with van der Waals surface area (Å²) in [6.45, 7) is 9.20. The molecule has 0 aromatic heterocycles. The summed E-state index contributed by atoms with van der Waals surface area (Å²) >= 11 is 0. The summed E-state index contributed by atoms with van der Waals surface area (Å²) in [4.78, 5) is 5.37. The first kappa shape index (κ1) is 15.3. The van der Waals surface area contributed by atoms with Gasteiger partial charge in [-0.15, -0.1) is 0 Å². The highest BCUT2D eigenvalue weighted by atomic mass is 16.5. The van der Waals surface area contributed by atoms with E-state index in [1.54, 1.807) is 0 Å². The third-order valence-corrected chi connectivity index (χ3v) is 5.95. The van der Waals surface area contributed by atoms with E-state index in [1.807, 2.05) is 0 Å². The fourth-order valence-electron chi connectivity index (χ4n) is 4.73. The zero-order valence-corrected chi connectivity index (χ0v) is 13.6. The number of fused-ring (bicyclic) bond motifs is 1. The van der Waals surface area contributed by atoms with Crippen LogP contribution in [0.3, 0.4) is 0 Å². The maximum atomic E-state index is 6.24. The number of likely N-dealkylation sites (tertiary alicyclic amines) is 1. The molecule has 5 nitrogen and oxygen atoms in total. The second-order valence-corrected chi connectivity index (χ2v) is 7.27. The maximum absolute atomic E-state index is 6.24. The third-order valence-electron chi connectivity index (χ3n) is 5.95. The molecule has 4 rings (SSSR count). The second kappa shape index (κ2) is 7.14. The van der Waals surface area contributed by atoms with Crippen LogP contribution in [0.2, 0.25) is 0 Å². The fraction of sp³-hybridized carbons (Fsp3) is 1.00. The minimum Gasteiger partial charge on any atom is -0.381 e. The lowest BCUT2D eigenvalue weighted by Crippen LogP contribution is -2.51. The summed E-state index contributed by atoms with van der Waals surface area (Å²) in [5, 5.41) is 0. The number of morpholine rings is 1. The number of nitrogens with zero attached hydrogens (tertiary/aromatic N) is 2. The van der Waals surface area contributed by atoms with Gasteiger partial charge in [0, 0.05) is 52.0 Å². The van der Waals surface area contributed by atoms with E-state index in [0.29, 0.717) is 18.2 Å². The predicted octanol–water partition coefficient (Wildman–Crippen LogP) is 0.977. The first-order chi connectivity index (χ1) is 10.9. The van der Waals surface area contributed by atoms with E-state index in [4.69, 9.17) is 14.2 Å². The molecular weight excluding hydrogens is 280 g/mol. The van der Waals surface area contributed by atoms with Gasteiger partial charge in [-0.2, -0.15) is 0 Å². The molecule has 0 aromatic rings. The van der Waals surface area contributed by atoms with Crippen LogP contribution in [-0.2, 0) is 14.2 Å². The SMILES string of the molecule is C1CO[C@H]2[C@@H](N3CCOCC3)CN(CC3CCOCC3)[C@H]2C1. The van der Waals surface area contributed by atoms with Gasteiger partial charge < -0.3 is 14.2 Å². The number of hydrogen-bond acceptors (Lipinski definition) is 5. The van der Waals surface area contributed by atoms with Gasteiger partial charge in [0.25, 0.3) is 0 Å². The molecule has 0 saturated carbocycles. The molecule has 0 N–H and O–H groups in total. The molecule has 0 radical (unpaired) electrons. The van der Waals surface area contributed by atoms with E-state index in [2.05, 4.69) is 9.80 Å². The molecule has 4 fully saturated rings. The molecule has 0 bridgehead atoms. The summed E-state index contributed by atoms with van der Waals surface area (Å²) < 4.78 is 17.3. The van der Waals surface area contributed by atoms with Crippen LogP contribution in [0.15, 0.2) is 0 Å². The molecule has 0 unspecified atom stereocenters. The average Bonchev–Trinajstić information content (AvgIpc) is 2.96. The van der Waals surface area contributed by atoms with Crippen molar-refractivity contribution in [1.29, 1.82) is 0 Å². The number of rotatable bonds is 3. The fourth-order valence-corrected chi connectivity index (χ4v) is 4.73. The molecule has 0 amide bonds. The molecule has 4 heterocycles. The maximum Gasteiger partial charge on any atom is 0.0897 e. The van der Waals surface area contributed by atoms with Crippen LogP contribution >= 0.6 is 0 Å². The lowest BCUT2D eigenvalue weighted by molar-refractivity contribution is -0.0601. The zero-order chi connectivity index (χ0) is 14.8. The smallest absolute Gasteiger partial charge is 0.0897 e. The number of ether oxygens (including phenoxy) is 3. The Kier molecular flexibility index (Phi) is 4.98. The number of hydrogen-bond donors (Lipinski definition) is 0. The van der Waals surface area contributed by atoms with Crippen molar-refractivity contribution < 1.29 is 14.2 Å². The third kappa shape index (κ3) is 3.20. The Bertz CT molecular complexity index is 356. The minimum absolute atomic E-state index is 0.423. The van der Waals surface area contributed by atoms with Gasteiger partial charge >= 0.3 is 0 Å². The van der Waals surface area contributed by atoms with Crippen molar-refractivity contribution in [3.8, 4) is 0 Å². The lowest BCUT2D eigenvalue weighted by Gasteiger charge is -2.37. The highest BCUT2D eigenvalue weighted by molar-refractivity contribution is 5.01. The van der Waals surface area contributed by atoms with E-state index in [-0.39, 0.29) is 0 Å². The molecule has 4 aliphatic heterocycles. The van der Waals surface area contributed by atoms with Gasteiger partial charge in [0.2, 0.25) is 0 Å². The summed E-state index contributed by atoms with van der Waals surface area (Å²) in [5.74, 6) is 0.819. The first-order valence-corrected chi connectivity index (χ1v) is 9.17. The van der Waals surface area contributed by atoms with Crippen molar-refractivity contribution in [2.24, 2.45) is 5.92 Å². The molecule has 22 heavy (non-hydrogen) atoms. The van der Waals surface area contributed by atoms with Gasteiger partial charge in [-0.05, 0) is 31.6 Å². The van der Waals surface area contributed by atoms with Gasteiger partial charge in [-0.3, -0.25) is 9.80 Å². The quantitative estimate of drug-likeness (QED) is 0.776. The zero-order valence-electron chi connectivity index (χ0n) is 13.6. The van der Waals surface area contributed by atoms with Crippen molar-refractivity contribution >= 4 is 0 Å². The Hall–Kier alpha value is -0.200. The molecule has 4 saturated heterocycles. The standard InChI is InChI=1S/C17H30N2O3/c1-2-15-17(22-7-1)16(18-5-10-21-11-6-18)13-19(15)12-14-3-8-20-9-4-14/h14-17H,1-13H2/t15-,16-,17+/m0/s1. The first-order valence-electron chi connectivity index (χ1n) is 9.17. The van der Waals surface area contributed by atoms with Crippen molar-refractivity contribution in [1.82, 2.24) is 9.80 Å². The van der Waals surface area contributed by atoms with Crippen molar-refractivity contribution in [2.75, 3.05) is 59.2 Å². The summed E-state index contributed by atoms with van der Waals surface area (Å²) in [6.07, 6.45) is 5.43. The largest absolute Gasteiger partial charge is 0.381 e. The van der Waals surface area contributed by atoms with E-state index in [0.717, 1.165) is 52.0 Å². The normalized spacial score (nSPS) is 39.0. The van der Waals surface area contributed by atoms with Crippen LogP contribution in [0.5, 0.6) is 0 Å². The van der Waals surface area contributed by atoms with Gasteiger partial charge in [0.15, 0.2) is 0 Å². The van der Waals surface area contributed by atoms with Crippen LogP contribution in [-0.4, -0.2) is 87.2 Å². The Morgan fingerprint density at radius 2 is 1.59 bits per heavy atom. The molecule has 0 spiro atoms. The summed E-state index contributed by atoms with van der Waals surface area (Å²) in [5.41, 5.74) is 0. The molecular formula is C17H30N2O3. The molecule has 3 atom stereocenters. The summed E-state index contributed by atoms with van der Waals surface area (Å²) in [7, 11) is 0. The predicted molar refractivity (Wildman–Crippen MR) is 84.1 cm³/mol. The van der Waals surface area contributed by atoms with Crippen LogP contribution in [0.25, 0.3) is 0 Å². The van der Waals surface area contributed by atoms with E-state index < -0.39 is 0 Å². The Morgan fingerprint density at radius 1 is 0.818 bits per heavy atom. The van der Waals surface area contributed by atoms with Gasteiger partial charge in [-0.1, -0.05) is 0 Å². The lowest BCUT2D eigenvalue weighted by atomic mass is 9.97. The molecule has 5 heteroatoms. The van der Waals surface area contributed by atoms with Crippen LogP contribution in [0.4, 0.5) is 0 Å². The highest BCUT2D eigenvalue weighted by Gasteiger charge is 2.46. The monoisotopic (exact) mass is 310 g/mol. The van der Waals surface area contributed by atoms with Crippen molar-refractivity contribution in [2.45, 2.75) is 43.9 Å². The van der Waals surface area contributed by atoms with Crippen LogP contribution in [0, 0.1) is 5.92 Å². The van der Waals surface area contributed by atoms with E-state index in [1.165, 1.54) is 38.8 Å². The van der Waals surface area contributed by atoms with Gasteiger partial charge in [0.1, 0.15) is 0 Å². The van der Waals surface area contributed by atoms with Gasteiger partial charge in [0.05, 0.1) is 25.4 Å². The second-order valence-electron chi connectivity index (χ2n) is 7.27. The van der Waals surface area contributed by atoms with Gasteiger partial charge in [-0.25, -0.2) is 0 Å². The molecule has 0 aliphatic carbocycles.